The molecule has 1 aliphatic heterocycles. The highest BCUT2D eigenvalue weighted by Crippen LogP contribution is 2.20. The van der Waals surface area contributed by atoms with Crippen molar-refractivity contribution in [1.82, 2.24) is 14.1 Å². The van der Waals surface area contributed by atoms with E-state index in [9.17, 15) is 13.2 Å². The van der Waals surface area contributed by atoms with Gasteiger partial charge in [0.25, 0.3) is 0 Å². The molecule has 0 aromatic heterocycles. The van der Waals surface area contributed by atoms with E-state index in [-0.39, 0.29) is 10.9 Å². The standard InChI is InChI=1S/C23H32N4O3S/c1-25-15-7-10-20(16-25)17-26(2)23(28)24-21-11-13-22(14-12-21)31(29,30)27(3)18-19-8-5-4-6-9-19/h4-6,8-9,11-14,20H,7,10,15-18H2,1-3H3,(H,24,28). The first-order valence-electron chi connectivity index (χ1n) is 10.6. The summed E-state index contributed by atoms with van der Waals surface area (Å²) in [5, 5.41) is 2.86. The molecule has 2 aromatic carbocycles. The minimum atomic E-state index is -3.62. The third-order valence-corrected chi connectivity index (χ3v) is 7.48. The molecule has 1 N–H and O–H groups in total. The fraction of sp³-hybridized carbons (Fsp3) is 0.435. The van der Waals surface area contributed by atoms with Gasteiger partial charge in [-0.2, -0.15) is 4.31 Å². The molecule has 0 aliphatic carbocycles. The van der Waals surface area contributed by atoms with Crippen LogP contribution in [-0.4, -0.2) is 69.3 Å². The highest BCUT2D eigenvalue weighted by molar-refractivity contribution is 7.89. The number of sulfonamides is 1. The van der Waals surface area contributed by atoms with Gasteiger partial charge in [-0.3, -0.25) is 0 Å². The van der Waals surface area contributed by atoms with Gasteiger partial charge < -0.3 is 15.1 Å². The van der Waals surface area contributed by atoms with Crippen molar-refractivity contribution in [2.75, 3.05) is 46.1 Å². The maximum Gasteiger partial charge on any atom is 0.321 e. The SMILES string of the molecule is CN1CCCC(CN(C)C(=O)Nc2ccc(S(=O)(=O)N(C)Cc3ccccc3)cc2)C1. The topological polar surface area (TPSA) is 73.0 Å². The predicted molar refractivity (Wildman–Crippen MR) is 123 cm³/mol. The van der Waals surface area contributed by atoms with Crippen molar-refractivity contribution in [3.05, 3.63) is 60.2 Å². The normalized spacial score (nSPS) is 17.5. The van der Waals surface area contributed by atoms with Gasteiger partial charge in [-0.05, 0) is 62.2 Å². The Morgan fingerprint density at radius 2 is 1.77 bits per heavy atom. The van der Waals surface area contributed by atoms with Crippen molar-refractivity contribution >= 4 is 21.7 Å². The summed E-state index contributed by atoms with van der Waals surface area (Å²) in [7, 11) is 1.85. The molecular weight excluding hydrogens is 412 g/mol. The highest BCUT2D eigenvalue weighted by Gasteiger charge is 2.22. The Morgan fingerprint density at radius 1 is 1.10 bits per heavy atom. The van der Waals surface area contributed by atoms with E-state index in [2.05, 4.69) is 17.3 Å². The first-order chi connectivity index (χ1) is 14.8. The van der Waals surface area contributed by atoms with Crippen LogP contribution in [0.25, 0.3) is 0 Å². The molecule has 8 heteroatoms. The number of hydrogen-bond acceptors (Lipinski definition) is 4. The lowest BCUT2D eigenvalue weighted by Gasteiger charge is -2.32. The summed E-state index contributed by atoms with van der Waals surface area (Å²) in [6, 6.07) is 15.6. The number of benzene rings is 2. The number of anilines is 1. The Morgan fingerprint density at radius 3 is 2.42 bits per heavy atom. The molecule has 0 saturated carbocycles. The third kappa shape index (κ3) is 6.29. The Balaban J connectivity index is 1.58. The molecule has 2 amide bonds. The van der Waals surface area contributed by atoms with Crippen LogP contribution in [0.3, 0.4) is 0 Å². The Kier molecular flexibility index (Phi) is 7.69. The van der Waals surface area contributed by atoms with Gasteiger partial charge in [-0.1, -0.05) is 30.3 Å². The number of nitrogens with zero attached hydrogens (tertiary/aromatic N) is 3. The number of likely N-dealkylation sites (tertiary alicyclic amines) is 1. The molecule has 1 heterocycles. The minimum absolute atomic E-state index is 0.190. The smallest absolute Gasteiger partial charge is 0.321 e. The number of carbonyl (C=O) groups is 1. The average Bonchev–Trinajstić information content (AvgIpc) is 2.74. The average molecular weight is 445 g/mol. The van der Waals surface area contributed by atoms with E-state index < -0.39 is 10.0 Å². The van der Waals surface area contributed by atoms with Crippen molar-refractivity contribution in [3.8, 4) is 0 Å². The van der Waals surface area contributed by atoms with Crippen LogP contribution in [0.5, 0.6) is 0 Å². The summed E-state index contributed by atoms with van der Waals surface area (Å²) in [5.41, 5.74) is 1.49. The van der Waals surface area contributed by atoms with Crippen molar-refractivity contribution in [2.45, 2.75) is 24.3 Å². The zero-order valence-electron chi connectivity index (χ0n) is 18.5. The van der Waals surface area contributed by atoms with E-state index in [4.69, 9.17) is 0 Å². The zero-order valence-corrected chi connectivity index (χ0v) is 19.3. The number of rotatable bonds is 7. The van der Waals surface area contributed by atoms with Crippen molar-refractivity contribution in [1.29, 1.82) is 0 Å². The molecule has 2 aromatic rings. The quantitative estimate of drug-likeness (QED) is 0.711. The third-order valence-electron chi connectivity index (χ3n) is 5.66. The molecule has 0 bridgehead atoms. The molecule has 0 radical (unpaired) electrons. The van der Waals surface area contributed by atoms with E-state index in [0.29, 0.717) is 24.7 Å². The molecule has 1 fully saturated rings. The lowest BCUT2D eigenvalue weighted by Crippen LogP contribution is -2.41. The molecule has 7 nitrogen and oxygen atoms in total. The molecule has 0 spiro atoms. The first-order valence-corrected chi connectivity index (χ1v) is 12.0. The molecule has 1 unspecified atom stereocenters. The molecule has 1 atom stereocenters. The predicted octanol–water partition coefficient (Wildman–Crippen LogP) is 3.31. The van der Waals surface area contributed by atoms with Gasteiger partial charge in [-0.25, -0.2) is 13.2 Å². The second kappa shape index (κ2) is 10.3. The first kappa shape index (κ1) is 23.2. The summed E-state index contributed by atoms with van der Waals surface area (Å²) < 4.78 is 27.0. The summed E-state index contributed by atoms with van der Waals surface area (Å²) in [5.74, 6) is 0.474. The molecule has 1 aliphatic rings. The largest absolute Gasteiger partial charge is 0.327 e. The van der Waals surface area contributed by atoms with Crippen LogP contribution in [0.15, 0.2) is 59.5 Å². The Labute approximate surface area is 185 Å². The van der Waals surface area contributed by atoms with E-state index in [1.807, 2.05) is 30.3 Å². The van der Waals surface area contributed by atoms with Crippen LogP contribution in [0.1, 0.15) is 18.4 Å². The monoisotopic (exact) mass is 444 g/mol. The lowest BCUT2D eigenvalue weighted by molar-refractivity contribution is 0.170. The fourth-order valence-corrected chi connectivity index (χ4v) is 5.09. The fourth-order valence-electron chi connectivity index (χ4n) is 3.93. The van der Waals surface area contributed by atoms with E-state index in [0.717, 1.165) is 31.5 Å². The van der Waals surface area contributed by atoms with Crippen LogP contribution in [0, 0.1) is 5.92 Å². The number of amides is 2. The van der Waals surface area contributed by atoms with Crippen LogP contribution >= 0.6 is 0 Å². The Bertz CT molecular complexity index is 964. The molecule has 1 saturated heterocycles. The van der Waals surface area contributed by atoms with Crippen LogP contribution < -0.4 is 5.32 Å². The molecule has 3 rings (SSSR count). The number of urea groups is 1. The molecule has 31 heavy (non-hydrogen) atoms. The highest BCUT2D eigenvalue weighted by atomic mass is 32.2. The minimum Gasteiger partial charge on any atom is -0.327 e. The number of hydrogen-bond donors (Lipinski definition) is 1. The van der Waals surface area contributed by atoms with Gasteiger partial charge in [0, 0.05) is 39.4 Å². The number of piperidine rings is 1. The Hall–Kier alpha value is -2.42. The molecule has 168 valence electrons. The van der Waals surface area contributed by atoms with Crippen LogP contribution in [0.2, 0.25) is 0 Å². The van der Waals surface area contributed by atoms with Gasteiger partial charge in [0.15, 0.2) is 0 Å². The zero-order chi connectivity index (χ0) is 22.4. The van der Waals surface area contributed by atoms with Gasteiger partial charge in [0.1, 0.15) is 0 Å². The van der Waals surface area contributed by atoms with Crippen molar-refractivity contribution in [3.63, 3.8) is 0 Å². The second-order valence-electron chi connectivity index (χ2n) is 8.35. The molecular formula is C23H32N4O3S. The maximum absolute atomic E-state index is 12.9. The van der Waals surface area contributed by atoms with E-state index in [1.54, 1.807) is 31.1 Å². The van der Waals surface area contributed by atoms with Gasteiger partial charge >= 0.3 is 6.03 Å². The summed E-state index contributed by atoms with van der Waals surface area (Å²) in [6.45, 7) is 3.11. The summed E-state index contributed by atoms with van der Waals surface area (Å²) in [4.78, 5) is 16.7. The van der Waals surface area contributed by atoms with Gasteiger partial charge in [0.05, 0.1) is 4.90 Å². The van der Waals surface area contributed by atoms with E-state index in [1.165, 1.54) is 16.4 Å². The maximum atomic E-state index is 12.9. The van der Waals surface area contributed by atoms with Crippen LogP contribution in [0.4, 0.5) is 10.5 Å². The number of carbonyl (C=O) groups excluding carboxylic acids is 1. The van der Waals surface area contributed by atoms with Gasteiger partial charge in [-0.15, -0.1) is 0 Å². The number of nitrogens with one attached hydrogen (secondary N) is 1. The summed E-state index contributed by atoms with van der Waals surface area (Å²) in [6.07, 6.45) is 2.29. The van der Waals surface area contributed by atoms with Crippen molar-refractivity contribution < 1.29 is 13.2 Å². The van der Waals surface area contributed by atoms with Crippen molar-refractivity contribution in [2.24, 2.45) is 5.92 Å². The van der Waals surface area contributed by atoms with E-state index >= 15 is 0 Å². The van der Waals surface area contributed by atoms with Crippen LogP contribution in [-0.2, 0) is 16.6 Å². The lowest BCUT2D eigenvalue weighted by atomic mass is 9.98. The second-order valence-corrected chi connectivity index (χ2v) is 10.4. The van der Waals surface area contributed by atoms with Gasteiger partial charge in [0.2, 0.25) is 10.0 Å². The summed E-state index contributed by atoms with van der Waals surface area (Å²) >= 11 is 0.